The average Bonchev–Trinajstić information content (AvgIpc) is 3.28. The Kier molecular flexibility index (Phi) is 6.21. The van der Waals surface area contributed by atoms with E-state index in [1.165, 1.54) is 32.1 Å². The van der Waals surface area contributed by atoms with Gasteiger partial charge in [0.1, 0.15) is 0 Å². The molecule has 32 heavy (non-hydrogen) atoms. The third kappa shape index (κ3) is 4.41. The highest BCUT2D eigenvalue weighted by molar-refractivity contribution is 5.90. The van der Waals surface area contributed by atoms with Crippen LogP contribution in [-0.4, -0.2) is 69.1 Å². The van der Waals surface area contributed by atoms with Crippen LogP contribution in [-0.2, 0) is 17.8 Å². The van der Waals surface area contributed by atoms with Gasteiger partial charge in [-0.2, -0.15) is 0 Å². The van der Waals surface area contributed by atoms with Crippen LogP contribution in [0.25, 0.3) is 0 Å². The van der Waals surface area contributed by atoms with Crippen molar-refractivity contribution in [3.8, 4) is 0 Å². The van der Waals surface area contributed by atoms with E-state index >= 15 is 0 Å². The monoisotopic (exact) mass is 436 g/mol. The largest absolute Gasteiger partial charge is 0.349 e. The molecular formula is C24H32N6O2. The maximum Gasteiger partial charge on any atom is 0.289 e. The van der Waals surface area contributed by atoms with E-state index in [0.717, 1.165) is 37.6 Å². The summed E-state index contributed by atoms with van der Waals surface area (Å²) in [7, 11) is 0. The van der Waals surface area contributed by atoms with Crippen LogP contribution in [0.2, 0.25) is 0 Å². The molecule has 1 aromatic carbocycles. The smallest absolute Gasteiger partial charge is 0.289 e. The van der Waals surface area contributed by atoms with Crippen LogP contribution in [0.4, 0.5) is 0 Å². The van der Waals surface area contributed by atoms with E-state index in [1.54, 1.807) is 0 Å². The first-order valence-corrected chi connectivity index (χ1v) is 12.0. The lowest BCUT2D eigenvalue weighted by Crippen LogP contribution is -2.54. The van der Waals surface area contributed by atoms with E-state index in [1.807, 2.05) is 39.8 Å². The number of nitrogens with one attached hydrogen (secondary N) is 1. The van der Waals surface area contributed by atoms with Crippen molar-refractivity contribution in [2.45, 2.75) is 51.1 Å². The summed E-state index contributed by atoms with van der Waals surface area (Å²) in [6, 6.07) is 9.86. The van der Waals surface area contributed by atoms with Crippen molar-refractivity contribution in [1.29, 1.82) is 0 Å². The number of nitrogens with zero attached hydrogens (tertiary/aromatic N) is 5. The van der Waals surface area contributed by atoms with Crippen molar-refractivity contribution in [1.82, 2.24) is 29.9 Å². The number of carbonyl (C=O) groups is 2. The van der Waals surface area contributed by atoms with Gasteiger partial charge < -0.3 is 14.8 Å². The lowest BCUT2D eigenvalue weighted by Gasteiger charge is -2.43. The quantitative estimate of drug-likeness (QED) is 0.776. The summed E-state index contributed by atoms with van der Waals surface area (Å²) in [4.78, 5) is 30.0. The van der Waals surface area contributed by atoms with Crippen molar-refractivity contribution in [3.05, 3.63) is 47.5 Å². The molecule has 1 saturated heterocycles. The van der Waals surface area contributed by atoms with Gasteiger partial charge >= 0.3 is 0 Å². The Morgan fingerprint density at radius 1 is 0.969 bits per heavy atom. The van der Waals surface area contributed by atoms with Crippen LogP contribution >= 0.6 is 0 Å². The molecule has 0 bridgehead atoms. The number of aromatic nitrogens is 3. The van der Waals surface area contributed by atoms with Gasteiger partial charge in [0.2, 0.25) is 11.7 Å². The fourth-order valence-electron chi connectivity index (χ4n) is 5.33. The predicted octanol–water partition coefficient (Wildman–Crippen LogP) is 2.03. The number of hydrogen-bond acceptors (Lipinski definition) is 5. The molecule has 0 unspecified atom stereocenters. The van der Waals surface area contributed by atoms with Gasteiger partial charge in [-0.05, 0) is 24.3 Å². The maximum atomic E-state index is 12.9. The van der Waals surface area contributed by atoms with Gasteiger partial charge in [0.05, 0.1) is 12.5 Å². The topological polar surface area (TPSA) is 83.4 Å². The number of fused-ring (bicyclic) bond motifs is 3. The summed E-state index contributed by atoms with van der Waals surface area (Å²) >= 11 is 0. The Morgan fingerprint density at radius 3 is 2.56 bits per heavy atom. The van der Waals surface area contributed by atoms with Crippen LogP contribution < -0.4 is 5.32 Å². The van der Waals surface area contributed by atoms with Crippen molar-refractivity contribution >= 4 is 11.8 Å². The molecule has 3 aliphatic rings. The summed E-state index contributed by atoms with van der Waals surface area (Å²) < 4.78 is 1.96. The van der Waals surface area contributed by atoms with Gasteiger partial charge in [-0.15, -0.1) is 10.2 Å². The predicted molar refractivity (Wildman–Crippen MR) is 120 cm³/mol. The molecule has 1 aliphatic carbocycles. The van der Waals surface area contributed by atoms with E-state index in [9.17, 15) is 9.59 Å². The highest BCUT2D eigenvalue weighted by atomic mass is 16.2. The Balaban J connectivity index is 1.24. The van der Waals surface area contributed by atoms with E-state index in [-0.39, 0.29) is 17.9 Å². The maximum absolute atomic E-state index is 12.9. The third-order valence-electron chi connectivity index (χ3n) is 7.21. The zero-order valence-electron chi connectivity index (χ0n) is 18.6. The lowest BCUT2D eigenvalue weighted by atomic mass is 9.89. The Morgan fingerprint density at radius 2 is 1.75 bits per heavy atom. The molecule has 8 nitrogen and oxygen atoms in total. The zero-order chi connectivity index (χ0) is 21.9. The van der Waals surface area contributed by atoms with Crippen LogP contribution in [0.1, 0.15) is 60.2 Å². The van der Waals surface area contributed by atoms with Crippen LogP contribution in [0.15, 0.2) is 30.3 Å². The Hall–Kier alpha value is -2.74. The minimum atomic E-state index is -0.129. The van der Waals surface area contributed by atoms with Gasteiger partial charge in [0, 0.05) is 39.3 Å². The van der Waals surface area contributed by atoms with E-state index in [4.69, 9.17) is 0 Å². The lowest BCUT2D eigenvalue weighted by molar-refractivity contribution is -0.134. The van der Waals surface area contributed by atoms with Gasteiger partial charge in [-0.3, -0.25) is 14.5 Å². The SMILES string of the molecule is O=C(NCC1CCCCC1)c1nnc2n1CCN1CCN(C(=O)Cc3ccccc3)C[C@H]21. The normalized spacial score (nSPS) is 21.6. The van der Waals surface area contributed by atoms with Crippen LogP contribution in [0.3, 0.4) is 0 Å². The number of amides is 2. The number of benzene rings is 1. The first kappa shape index (κ1) is 21.1. The highest BCUT2D eigenvalue weighted by Crippen LogP contribution is 2.29. The third-order valence-corrected chi connectivity index (χ3v) is 7.21. The molecular weight excluding hydrogens is 404 g/mol. The molecule has 8 heteroatoms. The standard InChI is InChI=1S/C24H32N6O2/c31-21(15-18-7-3-1-4-8-18)29-12-11-28-13-14-30-22(20(28)17-29)26-27-23(30)24(32)25-16-19-9-5-2-6-10-19/h1,3-4,7-8,19-20H,2,5-6,9-17H2,(H,25,32)/t20-/m1/s1. The summed E-state index contributed by atoms with van der Waals surface area (Å²) in [6.45, 7) is 4.42. The first-order chi connectivity index (χ1) is 15.7. The van der Waals surface area contributed by atoms with Crippen LogP contribution in [0.5, 0.6) is 0 Å². The summed E-state index contributed by atoms with van der Waals surface area (Å²) in [5, 5.41) is 11.8. The summed E-state index contributed by atoms with van der Waals surface area (Å²) in [5.74, 6) is 1.79. The van der Waals surface area contributed by atoms with E-state index in [0.29, 0.717) is 31.3 Å². The zero-order valence-corrected chi connectivity index (χ0v) is 18.6. The molecule has 2 aromatic rings. The van der Waals surface area contributed by atoms with Gasteiger partial charge in [0.25, 0.3) is 5.91 Å². The second-order valence-electron chi connectivity index (χ2n) is 9.30. The molecule has 1 atom stereocenters. The van der Waals surface area contributed by atoms with Crippen molar-refractivity contribution in [3.63, 3.8) is 0 Å². The minimum absolute atomic E-state index is 0.00961. The van der Waals surface area contributed by atoms with Crippen LogP contribution in [0, 0.1) is 5.92 Å². The number of rotatable bonds is 5. The molecule has 5 rings (SSSR count). The van der Waals surface area contributed by atoms with E-state index in [2.05, 4.69) is 20.4 Å². The summed E-state index contributed by atoms with van der Waals surface area (Å²) in [6.07, 6.45) is 6.64. The average molecular weight is 437 g/mol. The minimum Gasteiger partial charge on any atom is -0.349 e. The molecule has 170 valence electrons. The van der Waals surface area contributed by atoms with Crippen molar-refractivity contribution < 1.29 is 9.59 Å². The van der Waals surface area contributed by atoms with E-state index < -0.39 is 0 Å². The molecule has 1 saturated carbocycles. The summed E-state index contributed by atoms with van der Waals surface area (Å²) in [5.41, 5.74) is 1.03. The van der Waals surface area contributed by atoms with Crippen molar-refractivity contribution in [2.24, 2.45) is 5.92 Å². The molecule has 0 radical (unpaired) electrons. The molecule has 0 spiro atoms. The molecule has 1 aromatic heterocycles. The van der Waals surface area contributed by atoms with Crippen molar-refractivity contribution in [2.75, 3.05) is 32.7 Å². The molecule has 2 aliphatic heterocycles. The molecule has 2 amide bonds. The van der Waals surface area contributed by atoms with Gasteiger partial charge in [-0.1, -0.05) is 49.6 Å². The fraction of sp³-hybridized carbons (Fsp3) is 0.583. The molecule has 3 heterocycles. The van der Waals surface area contributed by atoms with Gasteiger partial charge in [0.15, 0.2) is 5.82 Å². The highest BCUT2D eigenvalue weighted by Gasteiger charge is 2.38. The molecule has 2 fully saturated rings. The van der Waals surface area contributed by atoms with Gasteiger partial charge in [-0.25, -0.2) is 0 Å². The second kappa shape index (κ2) is 9.40. The Bertz CT molecular complexity index is 953. The number of carbonyl (C=O) groups excluding carboxylic acids is 2. The fourth-order valence-corrected chi connectivity index (χ4v) is 5.33. The first-order valence-electron chi connectivity index (χ1n) is 12.0. The Labute approximate surface area is 189 Å². The number of piperazine rings is 1. The molecule has 1 N–H and O–H groups in total. The number of hydrogen-bond donors (Lipinski definition) is 1. The second-order valence-corrected chi connectivity index (χ2v) is 9.30.